The van der Waals surface area contributed by atoms with Gasteiger partial charge in [-0.05, 0) is 55.2 Å². The van der Waals surface area contributed by atoms with E-state index in [2.05, 4.69) is 0 Å². The van der Waals surface area contributed by atoms with Crippen LogP contribution in [0.15, 0.2) is 24.3 Å². The summed E-state index contributed by atoms with van der Waals surface area (Å²) in [5, 5.41) is 0. The van der Waals surface area contributed by atoms with Crippen LogP contribution in [0.3, 0.4) is 0 Å². The van der Waals surface area contributed by atoms with Crippen molar-refractivity contribution in [2.24, 2.45) is 17.8 Å². The highest BCUT2D eigenvalue weighted by atomic mass is 19.4. The summed E-state index contributed by atoms with van der Waals surface area (Å²) in [6.45, 7) is 2.36. The molecule has 142 valence electrons. The minimum absolute atomic E-state index is 0.228. The lowest BCUT2D eigenvalue weighted by atomic mass is 9.86. The van der Waals surface area contributed by atoms with Crippen LogP contribution in [0.4, 0.5) is 18.9 Å². The van der Waals surface area contributed by atoms with Crippen LogP contribution in [-0.4, -0.2) is 37.0 Å². The number of nitrogens with zero attached hydrogens (tertiary/aromatic N) is 2. The zero-order chi connectivity index (χ0) is 18.3. The summed E-state index contributed by atoms with van der Waals surface area (Å²) in [5.74, 6) is 2.37. The normalized spacial score (nSPS) is 28.7. The molecular weight excluding hydrogens is 341 g/mol. The van der Waals surface area contributed by atoms with Gasteiger partial charge in [0, 0.05) is 38.3 Å². The second kappa shape index (κ2) is 6.78. The molecule has 1 aromatic carbocycles. The second-order valence-electron chi connectivity index (χ2n) is 8.05. The summed E-state index contributed by atoms with van der Waals surface area (Å²) in [4.78, 5) is 16.5. The molecule has 26 heavy (non-hydrogen) atoms. The average Bonchev–Trinajstić information content (AvgIpc) is 3.24. The number of carbonyl (C=O) groups excluding carboxylic acids is 1. The van der Waals surface area contributed by atoms with E-state index in [-0.39, 0.29) is 5.91 Å². The van der Waals surface area contributed by atoms with E-state index in [1.54, 1.807) is 6.07 Å². The van der Waals surface area contributed by atoms with Crippen molar-refractivity contribution in [1.29, 1.82) is 0 Å². The van der Waals surface area contributed by atoms with Gasteiger partial charge in [0.05, 0.1) is 5.56 Å². The van der Waals surface area contributed by atoms with Gasteiger partial charge in [0.2, 0.25) is 5.91 Å². The Balaban J connectivity index is 1.32. The molecule has 3 aliphatic rings. The van der Waals surface area contributed by atoms with E-state index in [4.69, 9.17) is 0 Å². The maximum Gasteiger partial charge on any atom is 0.416 e. The maximum absolute atomic E-state index is 12.9. The third-order valence-corrected chi connectivity index (χ3v) is 6.49. The van der Waals surface area contributed by atoms with Crippen LogP contribution in [-0.2, 0) is 11.0 Å². The number of carbonyl (C=O) groups is 1. The molecule has 3 fully saturated rings. The van der Waals surface area contributed by atoms with Crippen LogP contribution >= 0.6 is 0 Å². The van der Waals surface area contributed by atoms with E-state index in [1.807, 2.05) is 9.80 Å². The van der Waals surface area contributed by atoms with Gasteiger partial charge < -0.3 is 9.80 Å². The van der Waals surface area contributed by atoms with Crippen molar-refractivity contribution in [3.05, 3.63) is 29.8 Å². The fraction of sp³-hybridized carbons (Fsp3) is 0.650. The first-order valence-electron chi connectivity index (χ1n) is 9.60. The number of hydrogen-bond acceptors (Lipinski definition) is 2. The molecule has 2 aliphatic carbocycles. The molecule has 0 N–H and O–H groups in total. The summed E-state index contributed by atoms with van der Waals surface area (Å²) in [6.07, 6.45) is 1.47. The van der Waals surface area contributed by atoms with Crippen molar-refractivity contribution < 1.29 is 18.0 Å². The van der Waals surface area contributed by atoms with Crippen LogP contribution < -0.4 is 4.90 Å². The number of anilines is 1. The van der Waals surface area contributed by atoms with Gasteiger partial charge in [-0.1, -0.05) is 12.5 Å². The largest absolute Gasteiger partial charge is 0.416 e. The fourth-order valence-corrected chi connectivity index (χ4v) is 5.07. The SMILES string of the molecule is O=C(C[C@H]1C[C@H]2CC[C@H]1C2)N1CCN(c2cccc(C(F)(F)F)c2)CC1. The van der Waals surface area contributed by atoms with Gasteiger partial charge >= 0.3 is 6.18 Å². The standard InChI is InChI=1S/C20H25F3N2O/c21-20(22,23)17-2-1-3-18(13-17)24-6-8-25(9-7-24)19(26)12-16-11-14-4-5-15(16)10-14/h1-3,13-16H,4-12H2/t14-,15-,16+/m0/s1. The van der Waals surface area contributed by atoms with Crippen LogP contribution in [0.2, 0.25) is 0 Å². The molecule has 2 bridgehead atoms. The molecule has 1 aliphatic heterocycles. The Morgan fingerprint density at radius 1 is 1.08 bits per heavy atom. The number of hydrogen-bond donors (Lipinski definition) is 0. The lowest BCUT2D eigenvalue weighted by Gasteiger charge is -2.37. The number of amides is 1. The summed E-state index contributed by atoms with van der Waals surface area (Å²) in [6, 6.07) is 5.46. The van der Waals surface area contributed by atoms with Crippen LogP contribution in [0.5, 0.6) is 0 Å². The Hall–Kier alpha value is -1.72. The van der Waals surface area contributed by atoms with Gasteiger partial charge in [-0.25, -0.2) is 0 Å². The van der Waals surface area contributed by atoms with E-state index in [0.717, 1.165) is 17.9 Å². The first-order chi connectivity index (χ1) is 12.4. The summed E-state index contributed by atoms with van der Waals surface area (Å²) in [7, 11) is 0. The Morgan fingerprint density at radius 2 is 1.85 bits per heavy atom. The molecule has 1 heterocycles. The molecule has 3 nitrogen and oxygen atoms in total. The molecule has 0 aromatic heterocycles. The maximum atomic E-state index is 12.9. The first-order valence-corrected chi connectivity index (χ1v) is 9.60. The molecule has 0 radical (unpaired) electrons. The molecular formula is C20H25F3N2O. The number of alkyl halides is 3. The summed E-state index contributed by atoms with van der Waals surface area (Å²) < 4.78 is 38.7. The highest BCUT2D eigenvalue weighted by molar-refractivity contribution is 5.77. The van der Waals surface area contributed by atoms with Crippen molar-refractivity contribution in [1.82, 2.24) is 4.90 Å². The summed E-state index contributed by atoms with van der Waals surface area (Å²) >= 11 is 0. The Bertz CT molecular complexity index is 667. The number of halogens is 3. The number of rotatable bonds is 3. The molecule has 0 spiro atoms. The van der Waals surface area contributed by atoms with Crippen LogP contribution in [0, 0.1) is 17.8 Å². The van der Waals surface area contributed by atoms with Crippen molar-refractivity contribution >= 4 is 11.6 Å². The molecule has 1 amide bonds. The fourth-order valence-electron chi connectivity index (χ4n) is 5.07. The first kappa shape index (κ1) is 17.7. The predicted molar refractivity (Wildman–Crippen MR) is 93.8 cm³/mol. The van der Waals surface area contributed by atoms with E-state index in [1.165, 1.54) is 37.8 Å². The molecule has 1 saturated heterocycles. The third-order valence-electron chi connectivity index (χ3n) is 6.49. The lowest BCUT2D eigenvalue weighted by molar-refractivity contribution is -0.137. The predicted octanol–water partition coefficient (Wildman–Crippen LogP) is 4.18. The lowest BCUT2D eigenvalue weighted by Crippen LogP contribution is -2.49. The quantitative estimate of drug-likeness (QED) is 0.801. The number of fused-ring (bicyclic) bond motifs is 2. The molecule has 0 unspecified atom stereocenters. The van der Waals surface area contributed by atoms with Crippen LogP contribution in [0.1, 0.15) is 37.7 Å². The Labute approximate surface area is 152 Å². The van der Waals surface area contributed by atoms with E-state index in [9.17, 15) is 18.0 Å². The second-order valence-corrected chi connectivity index (χ2v) is 8.05. The monoisotopic (exact) mass is 366 g/mol. The zero-order valence-corrected chi connectivity index (χ0v) is 14.8. The number of benzene rings is 1. The topological polar surface area (TPSA) is 23.6 Å². The molecule has 6 heteroatoms. The van der Waals surface area contributed by atoms with Gasteiger partial charge in [-0.3, -0.25) is 4.79 Å². The van der Waals surface area contributed by atoms with Crippen molar-refractivity contribution in [3.63, 3.8) is 0 Å². The Kier molecular flexibility index (Phi) is 4.61. The van der Waals surface area contributed by atoms with E-state index >= 15 is 0 Å². The molecule has 4 rings (SSSR count). The molecule has 1 aromatic rings. The smallest absolute Gasteiger partial charge is 0.368 e. The third kappa shape index (κ3) is 3.55. The van der Waals surface area contributed by atoms with E-state index in [0.29, 0.717) is 44.2 Å². The van der Waals surface area contributed by atoms with E-state index < -0.39 is 11.7 Å². The molecule has 2 saturated carbocycles. The van der Waals surface area contributed by atoms with Crippen LogP contribution in [0.25, 0.3) is 0 Å². The van der Waals surface area contributed by atoms with Crippen molar-refractivity contribution in [2.45, 2.75) is 38.3 Å². The minimum atomic E-state index is -4.32. The Morgan fingerprint density at radius 3 is 2.46 bits per heavy atom. The average molecular weight is 366 g/mol. The minimum Gasteiger partial charge on any atom is -0.368 e. The zero-order valence-electron chi connectivity index (χ0n) is 14.8. The van der Waals surface area contributed by atoms with Gasteiger partial charge in [0.25, 0.3) is 0 Å². The van der Waals surface area contributed by atoms with Crippen molar-refractivity contribution in [2.75, 3.05) is 31.1 Å². The van der Waals surface area contributed by atoms with Gasteiger partial charge in [0.1, 0.15) is 0 Å². The highest BCUT2D eigenvalue weighted by Gasteiger charge is 2.40. The van der Waals surface area contributed by atoms with Gasteiger partial charge in [0.15, 0.2) is 0 Å². The molecule has 3 atom stereocenters. The van der Waals surface area contributed by atoms with Gasteiger partial charge in [-0.2, -0.15) is 13.2 Å². The number of piperazine rings is 1. The van der Waals surface area contributed by atoms with Crippen molar-refractivity contribution in [3.8, 4) is 0 Å². The van der Waals surface area contributed by atoms with Gasteiger partial charge in [-0.15, -0.1) is 0 Å². The summed E-state index contributed by atoms with van der Waals surface area (Å²) in [5.41, 5.74) is -0.0372. The highest BCUT2D eigenvalue weighted by Crippen LogP contribution is 2.49.